The summed E-state index contributed by atoms with van der Waals surface area (Å²) >= 11 is 1.31. The lowest BCUT2D eigenvalue weighted by Gasteiger charge is -2.10. The maximum Gasteiger partial charge on any atom is 0.349 e. The Kier molecular flexibility index (Phi) is 5.34. The SMILES string of the molecule is Cc1cc(C)c2c(C)c(C(=O)OCC(=O)NCC3CCCO3)sc2n1. The zero-order valence-corrected chi connectivity index (χ0v) is 15.5. The van der Waals surface area contributed by atoms with E-state index in [0.717, 1.165) is 46.5 Å². The van der Waals surface area contributed by atoms with Crippen molar-refractivity contribution in [3.63, 3.8) is 0 Å². The second-order valence-electron chi connectivity index (χ2n) is 6.33. The fourth-order valence-electron chi connectivity index (χ4n) is 3.09. The Hall–Kier alpha value is -1.99. The first-order valence-electron chi connectivity index (χ1n) is 8.38. The molecular weight excluding hydrogens is 340 g/mol. The number of amides is 1. The number of thiophene rings is 1. The van der Waals surface area contributed by atoms with Crippen LogP contribution in [0.5, 0.6) is 0 Å². The van der Waals surface area contributed by atoms with Crippen molar-refractivity contribution in [2.75, 3.05) is 19.8 Å². The predicted molar refractivity (Wildman–Crippen MR) is 96.1 cm³/mol. The molecule has 2 aromatic rings. The van der Waals surface area contributed by atoms with Crippen molar-refractivity contribution in [2.24, 2.45) is 0 Å². The van der Waals surface area contributed by atoms with Gasteiger partial charge in [-0.15, -0.1) is 11.3 Å². The number of pyridine rings is 1. The standard InChI is InChI=1S/C18H22N2O4S/c1-10-7-11(2)20-17-15(10)12(3)16(25-17)18(22)24-9-14(21)19-8-13-5-4-6-23-13/h7,13H,4-6,8-9H2,1-3H3,(H,19,21). The van der Waals surface area contributed by atoms with E-state index in [-0.39, 0.29) is 18.6 Å². The van der Waals surface area contributed by atoms with E-state index < -0.39 is 5.97 Å². The van der Waals surface area contributed by atoms with E-state index in [1.165, 1.54) is 11.3 Å². The van der Waals surface area contributed by atoms with Crippen molar-refractivity contribution in [1.29, 1.82) is 0 Å². The highest BCUT2D eigenvalue weighted by molar-refractivity contribution is 7.20. The molecular formula is C18H22N2O4S. The molecule has 0 aliphatic carbocycles. The van der Waals surface area contributed by atoms with Gasteiger partial charge in [-0.25, -0.2) is 9.78 Å². The number of carbonyl (C=O) groups is 2. The number of fused-ring (bicyclic) bond motifs is 1. The molecule has 2 aromatic heterocycles. The first-order chi connectivity index (χ1) is 12.0. The molecule has 0 bridgehead atoms. The minimum atomic E-state index is -0.482. The van der Waals surface area contributed by atoms with Gasteiger partial charge in [0.1, 0.15) is 9.71 Å². The molecule has 1 N–H and O–H groups in total. The van der Waals surface area contributed by atoms with Crippen molar-refractivity contribution in [3.8, 4) is 0 Å². The summed E-state index contributed by atoms with van der Waals surface area (Å²) in [4.78, 5) is 30.0. The summed E-state index contributed by atoms with van der Waals surface area (Å²) in [6.07, 6.45) is 2.04. The molecule has 1 saturated heterocycles. The monoisotopic (exact) mass is 362 g/mol. The molecule has 25 heavy (non-hydrogen) atoms. The number of aryl methyl sites for hydroxylation is 3. The Morgan fingerprint density at radius 2 is 2.20 bits per heavy atom. The van der Waals surface area contributed by atoms with Crippen LogP contribution in [0.4, 0.5) is 0 Å². The number of nitrogens with one attached hydrogen (secondary N) is 1. The predicted octanol–water partition coefficient (Wildman–Crippen LogP) is 2.67. The Morgan fingerprint density at radius 3 is 2.92 bits per heavy atom. The van der Waals surface area contributed by atoms with E-state index in [2.05, 4.69) is 10.3 Å². The van der Waals surface area contributed by atoms with Crippen LogP contribution in [0.1, 0.15) is 39.3 Å². The summed E-state index contributed by atoms with van der Waals surface area (Å²) < 4.78 is 10.6. The largest absolute Gasteiger partial charge is 0.451 e. The average molecular weight is 362 g/mol. The zero-order chi connectivity index (χ0) is 18.0. The number of ether oxygens (including phenoxy) is 2. The normalized spacial score (nSPS) is 17.0. The van der Waals surface area contributed by atoms with Crippen LogP contribution in [0, 0.1) is 20.8 Å². The summed E-state index contributed by atoms with van der Waals surface area (Å²) in [5.41, 5.74) is 2.86. The Balaban J connectivity index is 1.61. The van der Waals surface area contributed by atoms with E-state index in [1.54, 1.807) is 0 Å². The van der Waals surface area contributed by atoms with Crippen molar-refractivity contribution < 1.29 is 19.1 Å². The zero-order valence-electron chi connectivity index (χ0n) is 14.7. The molecule has 0 saturated carbocycles. The van der Waals surface area contributed by atoms with Crippen molar-refractivity contribution >= 4 is 33.4 Å². The molecule has 1 aliphatic heterocycles. The molecule has 1 fully saturated rings. The third-order valence-corrected chi connectivity index (χ3v) is 5.46. The number of esters is 1. The number of hydrogen-bond acceptors (Lipinski definition) is 6. The van der Waals surface area contributed by atoms with Crippen LogP contribution in [0.15, 0.2) is 6.07 Å². The number of nitrogens with zero attached hydrogens (tertiary/aromatic N) is 1. The number of carbonyl (C=O) groups excluding carboxylic acids is 2. The molecule has 1 aliphatic rings. The van der Waals surface area contributed by atoms with E-state index in [0.29, 0.717) is 11.4 Å². The first-order valence-corrected chi connectivity index (χ1v) is 9.20. The average Bonchev–Trinajstić information content (AvgIpc) is 3.18. The van der Waals surface area contributed by atoms with Gasteiger partial charge < -0.3 is 14.8 Å². The fourth-order valence-corrected chi connectivity index (χ4v) is 4.29. The highest BCUT2D eigenvalue weighted by Crippen LogP contribution is 2.32. The van der Waals surface area contributed by atoms with Gasteiger partial charge in [-0.2, -0.15) is 0 Å². The smallest absolute Gasteiger partial charge is 0.349 e. The third kappa shape index (κ3) is 3.99. The van der Waals surface area contributed by atoms with Crippen molar-refractivity contribution in [1.82, 2.24) is 10.3 Å². The van der Waals surface area contributed by atoms with Gasteiger partial charge in [0.25, 0.3) is 5.91 Å². The first kappa shape index (κ1) is 17.8. The summed E-state index contributed by atoms with van der Waals surface area (Å²) in [6, 6.07) is 2.00. The molecule has 6 nitrogen and oxygen atoms in total. The minimum Gasteiger partial charge on any atom is -0.451 e. The second kappa shape index (κ2) is 7.49. The van der Waals surface area contributed by atoms with Crippen LogP contribution >= 0.6 is 11.3 Å². The van der Waals surface area contributed by atoms with Gasteiger partial charge in [-0.1, -0.05) is 0 Å². The molecule has 1 unspecified atom stereocenters. The highest BCUT2D eigenvalue weighted by Gasteiger charge is 2.21. The molecule has 0 spiro atoms. The van der Waals surface area contributed by atoms with Gasteiger partial charge in [0.15, 0.2) is 6.61 Å². The fraction of sp³-hybridized carbons (Fsp3) is 0.500. The third-order valence-electron chi connectivity index (χ3n) is 4.30. The molecule has 0 aromatic carbocycles. The number of rotatable bonds is 5. The van der Waals surface area contributed by atoms with Crippen LogP contribution in [0.2, 0.25) is 0 Å². The van der Waals surface area contributed by atoms with Crippen molar-refractivity contribution in [2.45, 2.75) is 39.7 Å². The van der Waals surface area contributed by atoms with E-state index >= 15 is 0 Å². The van der Waals surface area contributed by atoms with E-state index in [4.69, 9.17) is 9.47 Å². The topological polar surface area (TPSA) is 77.5 Å². The molecule has 134 valence electrons. The summed E-state index contributed by atoms with van der Waals surface area (Å²) in [7, 11) is 0. The molecule has 7 heteroatoms. The van der Waals surface area contributed by atoms with Crippen LogP contribution in [-0.2, 0) is 14.3 Å². The second-order valence-corrected chi connectivity index (χ2v) is 7.33. The van der Waals surface area contributed by atoms with Crippen LogP contribution < -0.4 is 5.32 Å². The molecule has 3 heterocycles. The minimum absolute atomic E-state index is 0.0711. The lowest BCUT2D eigenvalue weighted by Crippen LogP contribution is -2.34. The maximum atomic E-state index is 12.4. The number of aromatic nitrogens is 1. The molecule has 0 radical (unpaired) electrons. The van der Waals surface area contributed by atoms with Gasteiger partial charge in [0, 0.05) is 24.2 Å². The molecule has 1 amide bonds. The maximum absolute atomic E-state index is 12.4. The van der Waals surface area contributed by atoms with Crippen LogP contribution in [0.3, 0.4) is 0 Å². The van der Waals surface area contributed by atoms with Gasteiger partial charge >= 0.3 is 5.97 Å². The van der Waals surface area contributed by atoms with Crippen LogP contribution in [-0.4, -0.2) is 42.7 Å². The molecule has 1 atom stereocenters. The summed E-state index contributed by atoms with van der Waals surface area (Å²) in [5.74, 6) is -0.794. The highest BCUT2D eigenvalue weighted by atomic mass is 32.1. The van der Waals surface area contributed by atoms with Crippen molar-refractivity contribution in [3.05, 3.63) is 27.8 Å². The lowest BCUT2D eigenvalue weighted by molar-refractivity contribution is -0.124. The van der Waals surface area contributed by atoms with Gasteiger partial charge in [0.2, 0.25) is 0 Å². The van der Waals surface area contributed by atoms with E-state index in [1.807, 2.05) is 26.8 Å². The lowest BCUT2D eigenvalue weighted by atomic mass is 10.1. The van der Waals surface area contributed by atoms with E-state index in [9.17, 15) is 9.59 Å². The Morgan fingerprint density at radius 1 is 1.40 bits per heavy atom. The number of hydrogen-bond donors (Lipinski definition) is 1. The quantitative estimate of drug-likeness (QED) is 0.828. The van der Waals surface area contributed by atoms with Gasteiger partial charge in [0.05, 0.1) is 6.10 Å². The van der Waals surface area contributed by atoms with Gasteiger partial charge in [-0.3, -0.25) is 4.79 Å². The Bertz CT molecular complexity index is 809. The summed E-state index contributed by atoms with van der Waals surface area (Å²) in [6.45, 7) is 6.73. The van der Waals surface area contributed by atoms with Crippen LogP contribution in [0.25, 0.3) is 10.2 Å². The van der Waals surface area contributed by atoms with Gasteiger partial charge in [-0.05, 0) is 50.8 Å². The Labute approximate surface area is 150 Å². The molecule has 3 rings (SSSR count). The summed E-state index contributed by atoms with van der Waals surface area (Å²) in [5, 5.41) is 3.73.